The van der Waals surface area contributed by atoms with Crippen molar-refractivity contribution in [1.82, 2.24) is 24.2 Å². The number of ether oxygens (including phenoxy) is 1. The van der Waals surface area contributed by atoms with E-state index in [-0.39, 0.29) is 35.3 Å². The molecule has 3 N–H and O–H groups in total. The maximum atomic E-state index is 13.7. The van der Waals surface area contributed by atoms with Crippen molar-refractivity contribution < 1.29 is 28.3 Å². The topological polar surface area (TPSA) is 155 Å². The molecule has 2 aromatic heterocycles. The number of benzene rings is 1. The number of methoxy groups -OCH3 is 1. The van der Waals surface area contributed by atoms with Crippen LogP contribution in [0.3, 0.4) is 0 Å². The van der Waals surface area contributed by atoms with Gasteiger partial charge in [-0.05, 0) is 44.9 Å². The zero-order chi connectivity index (χ0) is 25.3. The number of halogens is 1. The van der Waals surface area contributed by atoms with Crippen LogP contribution < -0.4 is 15.0 Å². The maximum absolute atomic E-state index is 13.7. The lowest BCUT2D eigenvalue weighted by Crippen LogP contribution is -2.36. The van der Waals surface area contributed by atoms with Gasteiger partial charge in [0.1, 0.15) is 11.8 Å². The molecule has 1 aliphatic carbocycles. The lowest BCUT2D eigenvalue weighted by atomic mass is 9.81. The van der Waals surface area contributed by atoms with Gasteiger partial charge in [-0.25, -0.2) is 9.55 Å². The summed E-state index contributed by atoms with van der Waals surface area (Å²) in [5.74, 6) is -0.575. The second-order valence-electron chi connectivity index (χ2n) is 8.28. The van der Waals surface area contributed by atoms with Crippen molar-refractivity contribution in [2.75, 3.05) is 26.5 Å². The number of fused-ring (bicyclic) bond motifs is 1. The van der Waals surface area contributed by atoms with Crippen molar-refractivity contribution in [3.8, 4) is 11.6 Å². The first-order valence-electron chi connectivity index (χ1n) is 10.8. The number of anilines is 1. The van der Waals surface area contributed by atoms with E-state index < -0.39 is 19.8 Å². The van der Waals surface area contributed by atoms with Gasteiger partial charge in [0.05, 0.1) is 25.1 Å². The number of aromatic nitrogens is 4. The summed E-state index contributed by atoms with van der Waals surface area (Å²) in [6.45, 7) is 1.50. The van der Waals surface area contributed by atoms with Crippen LogP contribution in [0.1, 0.15) is 25.8 Å². The molecule has 2 heterocycles. The molecule has 35 heavy (non-hydrogen) atoms. The molecule has 4 rings (SSSR count). The fourth-order valence-corrected chi connectivity index (χ4v) is 5.70. The SMILES string of the molecule is COc1nc(N)nc2c1ncn2[C@H]1C[C@@H](COP(=O)(Oc2ccccc2Cl)N(C)C(C)C(=O)O)C1. The van der Waals surface area contributed by atoms with Crippen molar-refractivity contribution in [2.24, 2.45) is 5.92 Å². The summed E-state index contributed by atoms with van der Waals surface area (Å²) in [7, 11) is -1.17. The van der Waals surface area contributed by atoms with Crippen LogP contribution in [0.15, 0.2) is 30.6 Å². The monoisotopic (exact) mass is 524 g/mol. The zero-order valence-corrected chi connectivity index (χ0v) is 21.0. The molecular weight excluding hydrogens is 499 g/mol. The number of nitrogens with zero attached hydrogens (tertiary/aromatic N) is 5. The number of para-hydroxylation sites is 1. The molecule has 0 aliphatic heterocycles. The van der Waals surface area contributed by atoms with Crippen molar-refractivity contribution >= 4 is 42.4 Å². The number of likely N-dealkylation sites (N-methyl/N-ethyl adjacent to an activating group) is 1. The number of nitrogens with two attached hydrogens (primary N) is 1. The summed E-state index contributed by atoms with van der Waals surface area (Å²) in [6, 6.07) is 5.46. The summed E-state index contributed by atoms with van der Waals surface area (Å²) >= 11 is 6.16. The van der Waals surface area contributed by atoms with Crippen molar-refractivity contribution in [3.05, 3.63) is 35.6 Å². The van der Waals surface area contributed by atoms with E-state index in [1.165, 1.54) is 21.1 Å². The Morgan fingerprint density at radius 2 is 2.09 bits per heavy atom. The second kappa shape index (κ2) is 9.98. The molecule has 0 amide bonds. The van der Waals surface area contributed by atoms with Crippen LogP contribution in [-0.4, -0.2) is 62.1 Å². The first-order valence-corrected chi connectivity index (χ1v) is 12.7. The van der Waals surface area contributed by atoms with Gasteiger partial charge in [-0.3, -0.25) is 9.32 Å². The van der Waals surface area contributed by atoms with E-state index in [0.717, 1.165) is 4.67 Å². The molecule has 3 aromatic rings. The minimum absolute atomic E-state index is 0.0511. The normalized spacial score (nSPS) is 20.3. The van der Waals surface area contributed by atoms with Crippen LogP contribution in [-0.2, 0) is 13.9 Å². The summed E-state index contributed by atoms with van der Waals surface area (Å²) in [4.78, 5) is 24.2. The zero-order valence-electron chi connectivity index (χ0n) is 19.4. The van der Waals surface area contributed by atoms with Gasteiger partial charge in [0, 0.05) is 6.04 Å². The molecule has 1 saturated carbocycles. The average molecular weight is 525 g/mol. The van der Waals surface area contributed by atoms with Crippen molar-refractivity contribution in [1.29, 1.82) is 0 Å². The first kappa shape index (κ1) is 25.2. The fraction of sp³-hybridized carbons (Fsp3) is 0.429. The number of imidazole rings is 1. The standard InChI is InChI=1S/C21H26ClN6O6P/c1-12(20(29)30)27(2)35(31,34-16-7-5-4-6-15(16)22)33-10-13-8-14(9-13)28-11-24-17-18(28)25-21(23)26-19(17)32-3/h4-7,11-14H,8-10H2,1-3H3,(H,29,30)(H2,23,25,26)/t12?,13-,14+,35?. The number of carboxylic acids is 1. The van der Waals surface area contributed by atoms with E-state index in [1.54, 1.807) is 30.6 Å². The predicted octanol–water partition coefficient (Wildman–Crippen LogP) is 3.63. The van der Waals surface area contributed by atoms with Crippen molar-refractivity contribution in [2.45, 2.75) is 31.8 Å². The van der Waals surface area contributed by atoms with Crippen molar-refractivity contribution in [3.63, 3.8) is 0 Å². The third kappa shape index (κ3) is 5.06. The lowest BCUT2D eigenvalue weighted by Gasteiger charge is -2.37. The molecule has 2 atom stereocenters. The van der Waals surface area contributed by atoms with Crippen LogP contribution in [0.25, 0.3) is 11.2 Å². The van der Waals surface area contributed by atoms with Crippen LogP contribution in [0.2, 0.25) is 5.02 Å². The summed E-state index contributed by atoms with van der Waals surface area (Å²) in [5, 5.41) is 9.65. The summed E-state index contributed by atoms with van der Waals surface area (Å²) in [5.41, 5.74) is 6.88. The van der Waals surface area contributed by atoms with E-state index in [9.17, 15) is 14.5 Å². The predicted molar refractivity (Wildman–Crippen MR) is 129 cm³/mol. The van der Waals surface area contributed by atoms with Gasteiger partial charge < -0.3 is 24.7 Å². The van der Waals surface area contributed by atoms with Crippen LogP contribution in [0, 0.1) is 5.92 Å². The Bertz CT molecular complexity index is 1280. The van der Waals surface area contributed by atoms with E-state index in [1.807, 2.05) is 4.57 Å². The third-order valence-corrected chi connectivity index (χ3v) is 8.37. The highest BCUT2D eigenvalue weighted by atomic mass is 35.5. The molecule has 0 spiro atoms. The number of hydrogen-bond acceptors (Lipinski definition) is 9. The number of nitrogen functional groups attached to an aromatic ring is 1. The largest absolute Gasteiger partial charge is 0.480 e. The Morgan fingerprint density at radius 3 is 2.74 bits per heavy atom. The maximum Gasteiger partial charge on any atom is 0.461 e. The summed E-state index contributed by atoms with van der Waals surface area (Å²) in [6.07, 6.45) is 3.06. The molecule has 0 bridgehead atoms. The molecule has 1 aliphatic rings. The molecule has 2 unspecified atom stereocenters. The van der Waals surface area contributed by atoms with Gasteiger partial charge in [-0.1, -0.05) is 23.7 Å². The van der Waals surface area contributed by atoms with Gasteiger partial charge in [0.2, 0.25) is 11.8 Å². The molecular formula is C21H26ClN6O6P. The fourth-order valence-electron chi connectivity index (χ4n) is 3.78. The molecule has 0 saturated heterocycles. The molecule has 0 radical (unpaired) electrons. The van der Waals surface area contributed by atoms with E-state index >= 15 is 0 Å². The van der Waals surface area contributed by atoms with E-state index in [2.05, 4.69) is 15.0 Å². The quantitative estimate of drug-likeness (QED) is 0.373. The highest BCUT2D eigenvalue weighted by molar-refractivity contribution is 7.51. The number of carbonyl (C=O) groups is 1. The number of aliphatic carboxylic acids is 1. The van der Waals surface area contributed by atoms with Gasteiger partial charge in [0.25, 0.3) is 0 Å². The number of carboxylic acid groups (broad SMARTS) is 1. The molecule has 14 heteroatoms. The molecule has 1 fully saturated rings. The number of rotatable bonds is 10. The van der Waals surface area contributed by atoms with Crippen LogP contribution >= 0.6 is 19.3 Å². The average Bonchev–Trinajstić information content (AvgIpc) is 3.21. The Labute approximate surface area is 206 Å². The lowest BCUT2D eigenvalue weighted by molar-refractivity contribution is -0.140. The van der Waals surface area contributed by atoms with E-state index in [4.69, 9.17) is 31.1 Å². The Morgan fingerprint density at radius 1 is 1.37 bits per heavy atom. The Kier molecular flexibility index (Phi) is 7.18. The summed E-state index contributed by atoms with van der Waals surface area (Å²) < 4.78 is 33.4. The van der Waals surface area contributed by atoms with Crippen LogP contribution in [0.4, 0.5) is 5.95 Å². The van der Waals surface area contributed by atoms with Gasteiger partial charge in [-0.15, -0.1) is 0 Å². The molecule has 1 aromatic carbocycles. The smallest absolute Gasteiger partial charge is 0.461 e. The van der Waals surface area contributed by atoms with E-state index in [0.29, 0.717) is 29.9 Å². The number of hydrogen-bond donors (Lipinski definition) is 2. The minimum Gasteiger partial charge on any atom is -0.480 e. The van der Waals surface area contributed by atoms with Gasteiger partial charge >= 0.3 is 13.7 Å². The molecule has 12 nitrogen and oxygen atoms in total. The minimum atomic E-state index is -4.04. The second-order valence-corrected chi connectivity index (χ2v) is 10.7. The highest BCUT2D eigenvalue weighted by Crippen LogP contribution is 2.54. The third-order valence-electron chi connectivity index (χ3n) is 6.03. The van der Waals surface area contributed by atoms with Gasteiger partial charge in [0.15, 0.2) is 11.2 Å². The highest BCUT2D eigenvalue weighted by Gasteiger charge is 2.41. The van der Waals surface area contributed by atoms with Crippen LogP contribution in [0.5, 0.6) is 11.6 Å². The first-order chi connectivity index (χ1) is 16.6. The Balaban J connectivity index is 1.46. The van der Waals surface area contributed by atoms with Gasteiger partial charge in [-0.2, -0.15) is 14.6 Å². The Hall–Kier alpha value is -2.92. The molecule has 188 valence electrons.